The van der Waals surface area contributed by atoms with Crippen molar-refractivity contribution in [2.75, 3.05) is 44.2 Å². The van der Waals surface area contributed by atoms with Crippen LogP contribution in [0.2, 0.25) is 0 Å². The molecule has 0 N–H and O–H groups in total. The number of benzene rings is 1. The fourth-order valence-electron chi connectivity index (χ4n) is 5.83. The van der Waals surface area contributed by atoms with Gasteiger partial charge >= 0.3 is 6.09 Å². The average Bonchev–Trinajstić information content (AvgIpc) is 3.47. The summed E-state index contributed by atoms with van der Waals surface area (Å²) in [7, 11) is 0. The highest BCUT2D eigenvalue weighted by atomic mass is 19.1. The Kier molecular flexibility index (Phi) is 5.99. The number of carbonyl (C=O) groups is 2. The van der Waals surface area contributed by atoms with E-state index in [0.717, 1.165) is 50.0 Å². The molecule has 1 aromatic carbocycles. The summed E-state index contributed by atoms with van der Waals surface area (Å²) < 4.78 is 19.4. The SMILES string of the molecule is CCOC(=O)N1CCC(N2CCC3(CC2)CN(C(=O)C2CC=NO2)c2ccc(F)cc23)CC1. The summed E-state index contributed by atoms with van der Waals surface area (Å²) in [5.74, 6) is -0.373. The van der Waals surface area contributed by atoms with Crippen LogP contribution in [0.5, 0.6) is 0 Å². The predicted molar refractivity (Wildman–Crippen MR) is 121 cm³/mol. The van der Waals surface area contributed by atoms with Crippen molar-refractivity contribution >= 4 is 23.9 Å². The molecule has 4 heterocycles. The van der Waals surface area contributed by atoms with E-state index in [4.69, 9.17) is 9.57 Å². The monoisotopic (exact) mass is 458 g/mol. The maximum Gasteiger partial charge on any atom is 0.409 e. The highest BCUT2D eigenvalue weighted by Crippen LogP contribution is 2.48. The summed E-state index contributed by atoms with van der Waals surface area (Å²) in [6, 6.07) is 5.20. The van der Waals surface area contributed by atoms with Gasteiger partial charge in [-0.25, -0.2) is 9.18 Å². The van der Waals surface area contributed by atoms with Gasteiger partial charge in [-0.1, -0.05) is 5.16 Å². The number of fused-ring (bicyclic) bond motifs is 2. The lowest BCUT2D eigenvalue weighted by atomic mass is 9.74. The maximum atomic E-state index is 14.3. The molecule has 1 aromatic rings. The minimum Gasteiger partial charge on any atom is -0.450 e. The molecule has 2 fully saturated rings. The van der Waals surface area contributed by atoms with Gasteiger partial charge in [-0.2, -0.15) is 0 Å². The van der Waals surface area contributed by atoms with Crippen LogP contribution in [0.15, 0.2) is 23.4 Å². The Bertz CT molecular complexity index is 930. The third-order valence-corrected chi connectivity index (χ3v) is 7.67. The number of rotatable bonds is 3. The van der Waals surface area contributed by atoms with E-state index < -0.39 is 6.10 Å². The molecule has 0 aromatic heterocycles. The van der Waals surface area contributed by atoms with Crippen LogP contribution in [0.25, 0.3) is 0 Å². The molecule has 178 valence electrons. The summed E-state index contributed by atoms with van der Waals surface area (Å²) in [6.07, 6.45) is 4.87. The van der Waals surface area contributed by atoms with Crippen molar-refractivity contribution in [2.24, 2.45) is 5.16 Å². The molecular formula is C24H31FN4O4. The van der Waals surface area contributed by atoms with Crippen molar-refractivity contribution in [1.82, 2.24) is 9.80 Å². The van der Waals surface area contributed by atoms with Gasteiger partial charge in [0.15, 0.2) is 0 Å². The number of hydrogen-bond donors (Lipinski definition) is 0. The van der Waals surface area contributed by atoms with E-state index >= 15 is 0 Å². The Morgan fingerprint density at radius 3 is 2.64 bits per heavy atom. The van der Waals surface area contributed by atoms with Crippen LogP contribution < -0.4 is 4.90 Å². The molecule has 0 bridgehead atoms. The second kappa shape index (κ2) is 8.93. The van der Waals surface area contributed by atoms with Gasteiger partial charge in [0.2, 0.25) is 6.10 Å². The predicted octanol–water partition coefficient (Wildman–Crippen LogP) is 2.90. The van der Waals surface area contributed by atoms with Crippen molar-refractivity contribution < 1.29 is 23.6 Å². The fourth-order valence-corrected chi connectivity index (χ4v) is 5.83. The van der Waals surface area contributed by atoms with Crippen LogP contribution in [0.1, 0.15) is 44.6 Å². The van der Waals surface area contributed by atoms with Gasteiger partial charge in [0.25, 0.3) is 5.91 Å². The van der Waals surface area contributed by atoms with E-state index in [1.165, 1.54) is 6.07 Å². The first kappa shape index (κ1) is 22.1. The average molecular weight is 459 g/mol. The van der Waals surface area contributed by atoms with E-state index in [1.54, 1.807) is 28.1 Å². The zero-order valence-corrected chi connectivity index (χ0v) is 19.0. The zero-order chi connectivity index (χ0) is 23.0. The largest absolute Gasteiger partial charge is 0.450 e. The van der Waals surface area contributed by atoms with Crippen LogP contribution in [-0.2, 0) is 19.8 Å². The molecule has 2 amide bonds. The summed E-state index contributed by atoms with van der Waals surface area (Å²) in [6.45, 7) is 5.99. The Balaban J connectivity index is 1.26. The number of halogens is 1. The summed E-state index contributed by atoms with van der Waals surface area (Å²) in [4.78, 5) is 36.4. The molecule has 1 unspecified atom stereocenters. The van der Waals surface area contributed by atoms with E-state index in [2.05, 4.69) is 10.1 Å². The third-order valence-electron chi connectivity index (χ3n) is 7.67. The van der Waals surface area contributed by atoms with Crippen molar-refractivity contribution in [3.8, 4) is 0 Å². The molecule has 4 aliphatic heterocycles. The number of oxime groups is 1. The van der Waals surface area contributed by atoms with Gasteiger partial charge in [0.05, 0.1) is 6.61 Å². The van der Waals surface area contributed by atoms with Crippen LogP contribution >= 0.6 is 0 Å². The molecule has 2 saturated heterocycles. The Labute approximate surface area is 193 Å². The smallest absolute Gasteiger partial charge is 0.409 e. The fraction of sp³-hybridized carbons (Fsp3) is 0.625. The number of likely N-dealkylation sites (tertiary alicyclic amines) is 2. The summed E-state index contributed by atoms with van der Waals surface area (Å²) in [5.41, 5.74) is 1.49. The lowest BCUT2D eigenvalue weighted by molar-refractivity contribution is -0.128. The third kappa shape index (κ3) is 4.07. The van der Waals surface area contributed by atoms with Gasteiger partial charge in [-0.05, 0) is 69.5 Å². The standard InChI is InChI=1S/C24H31FN4O4/c1-2-32-23(31)28-11-6-18(7-12-28)27-13-8-24(9-14-27)16-29(22(30)21-5-10-26-33-21)20-4-3-17(25)15-19(20)24/h3-4,10,15,18,21H,2,5-9,11-14,16H2,1H3. The Morgan fingerprint density at radius 1 is 1.21 bits per heavy atom. The molecule has 33 heavy (non-hydrogen) atoms. The number of nitrogens with zero attached hydrogens (tertiary/aromatic N) is 4. The van der Waals surface area contributed by atoms with Crippen LogP contribution in [0, 0.1) is 5.82 Å². The second-order valence-corrected chi connectivity index (χ2v) is 9.44. The molecule has 0 saturated carbocycles. The molecule has 1 spiro atoms. The number of piperidine rings is 2. The van der Waals surface area contributed by atoms with Gasteiger partial charge in [-0.15, -0.1) is 0 Å². The second-order valence-electron chi connectivity index (χ2n) is 9.44. The van der Waals surface area contributed by atoms with E-state index in [0.29, 0.717) is 38.7 Å². The zero-order valence-electron chi connectivity index (χ0n) is 19.0. The molecule has 0 aliphatic carbocycles. The molecule has 8 nitrogen and oxygen atoms in total. The first-order chi connectivity index (χ1) is 16.0. The van der Waals surface area contributed by atoms with Gasteiger partial charge in [0, 0.05) is 49.4 Å². The molecule has 9 heteroatoms. The van der Waals surface area contributed by atoms with Crippen LogP contribution in [-0.4, -0.2) is 79.5 Å². The lowest BCUT2D eigenvalue weighted by Gasteiger charge is -2.45. The number of hydrogen-bond acceptors (Lipinski definition) is 6. The van der Waals surface area contributed by atoms with E-state index in [9.17, 15) is 14.0 Å². The molecular weight excluding hydrogens is 427 g/mol. The minimum atomic E-state index is -0.595. The van der Waals surface area contributed by atoms with Gasteiger partial charge in [-0.3, -0.25) is 4.79 Å². The van der Waals surface area contributed by atoms with Gasteiger partial charge in [0.1, 0.15) is 5.82 Å². The summed E-state index contributed by atoms with van der Waals surface area (Å²) in [5, 5.41) is 3.75. The van der Waals surface area contributed by atoms with Crippen molar-refractivity contribution in [3.05, 3.63) is 29.6 Å². The van der Waals surface area contributed by atoms with Crippen molar-refractivity contribution in [3.63, 3.8) is 0 Å². The highest BCUT2D eigenvalue weighted by molar-refractivity contribution is 6.00. The molecule has 4 aliphatic rings. The minimum absolute atomic E-state index is 0.106. The Morgan fingerprint density at radius 2 is 1.97 bits per heavy atom. The highest BCUT2D eigenvalue weighted by Gasteiger charge is 2.48. The van der Waals surface area contributed by atoms with Crippen molar-refractivity contribution in [2.45, 2.75) is 56.6 Å². The summed E-state index contributed by atoms with van der Waals surface area (Å²) >= 11 is 0. The quantitative estimate of drug-likeness (QED) is 0.696. The first-order valence-corrected chi connectivity index (χ1v) is 12.0. The molecule has 1 atom stereocenters. The molecule has 5 rings (SSSR count). The van der Waals surface area contributed by atoms with Crippen LogP contribution in [0.3, 0.4) is 0 Å². The number of carbonyl (C=O) groups excluding carboxylic acids is 2. The van der Waals surface area contributed by atoms with Crippen molar-refractivity contribution in [1.29, 1.82) is 0 Å². The van der Waals surface area contributed by atoms with Crippen LogP contribution in [0.4, 0.5) is 14.9 Å². The Hall–Kier alpha value is -2.68. The van der Waals surface area contributed by atoms with E-state index in [-0.39, 0.29) is 23.2 Å². The molecule has 0 radical (unpaired) electrons. The van der Waals surface area contributed by atoms with E-state index in [1.807, 2.05) is 6.92 Å². The normalized spacial score (nSPS) is 24.7. The lowest BCUT2D eigenvalue weighted by Crippen LogP contribution is -2.52. The number of anilines is 1. The first-order valence-electron chi connectivity index (χ1n) is 12.0. The maximum absolute atomic E-state index is 14.3. The van der Waals surface area contributed by atoms with Gasteiger partial charge < -0.3 is 24.3 Å². The topological polar surface area (TPSA) is 74.7 Å². The number of ether oxygens (including phenoxy) is 1. The number of amides is 2.